The Kier molecular flexibility index (Phi) is 2.49. The summed E-state index contributed by atoms with van der Waals surface area (Å²) in [5, 5.41) is 0. The van der Waals surface area contributed by atoms with E-state index < -0.39 is 5.79 Å². The Morgan fingerprint density at radius 2 is 1.86 bits per heavy atom. The number of para-hydroxylation sites is 1. The summed E-state index contributed by atoms with van der Waals surface area (Å²) >= 11 is 0. The van der Waals surface area contributed by atoms with Gasteiger partial charge in [-0.15, -0.1) is 0 Å². The first kappa shape index (κ1) is 12.6. The highest BCUT2D eigenvalue weighted by Gasteiger charge is 2.48. The van der Waals surface area contributed by atoms with Crippen LogP contribution in [0.4, 0.5) is 0 Å². The Labute approximate surface area is 122 Å². The highest BCUT2D eigenvalue weighted by Crippen LogP contribution is 2.48. The molecule has 1 aromatic carbocycles. The van der Waals surface area contributed by atoms with E-state index in [9.17, 15) is 4.79 Å². The van der Waals surface area contributed by atoms with Gasteiger partial charge in [-0.2, -0.15) is 0 Å². The molecule has 0 amide bonds. The van der Waals surface area contributed by atoms with Crippen LogP contribution in [-0.4, -0.2) is 25.0 Å². The highest BCUT2D eigenvalue weighted by atomic mass is 16.8. The third-order valence-corrected chi connectivity index (χ3v) is 4.03. The van der Waals surface area contributed by atoms with Crippen LogP contribution in [0, 0.1) is 5.92 Å². The summed E-state index contributed by atoms with van der Waals surface area (Å²) in [4.78, 5) is 12.4. The Morgan fingerprint density at radius 1 is 1.10 bits per heavy atom. The van der Waals surface area contributed by atoms with E-state index in [1.165, 1.54) is 0 Å². The van der Waals surface area contributed by atoms with E-state index >= 15 is 0 Å². The predicted octanol–water partition coefficient (Wildman–Crippen LogP) is 2.33. The second-order valence-electron chi connectivity index (χ2n) is 5.99. The van der Waals surface area contributed by atoms with Gasteiger partial charge in [-0.1, -0.05) is 18.2 Å². The van der Waals surface area contributed by atoms with Crippen molar-refractivity contribution in [3.05, 3.63) is 41.3 Å². The zero-order valence-electron chi connectivity index (χ0n) is 11.9. The molecule has 0 aliphatic carbocycles. The summed E-state index contributed by atoms with van der Waals surface area (Å²) < 4.78 is 22.5. The number of ether oxygens (including phenoxy) is 4. The third-order valence-electron chi connectivity index (χ3n) is 4.03. The number of benzene rings is 1. The minimum atomic E-state index is -0.993. The van der Waals surface area contributed by atoms with Crippen LogP contribution in [0.25, 0.3) is 0 Å². The Bertz CT molecular complexity index is 646. The molecule has 0 spiro atoms. The van der Waals surface area contributed by atoms with Crippen molar-refractivity contribution in [1.82, 2.24) is 0 Å². The van der Waals surface area contributed by atoms with Gasteiger partial charge >= 0.3 is 5.97 Å². The molecule has 3 aliphatic heterocycles. The molecule has 0 unspecified atom stereocenters. The first-order valence-corrected chi connectivity index (χ1v) is 7.06. The van der Waals surface area contributed by atoms with Gasteiger partial charge in [-0.25, -0.2) is 4.79 Å². The molecular weight excluding hydrogens is 272 g/mol. The van der Waals surface area contributed by atoms with Crippen molar-refractivity contribution < 1.29 is 23.7 Å². The maximum atomic E-state index is 12.4. The Balaban J connectivity index is 1.85. The average molecular weight is 288 g/mol. The smallest absolute Gasteiger partial charge is 0.345 e. The van der Waals surface area contributed by atoms with Gasteiger partial charge in [-0.05, 0) is 6.07 Å². The number of carbonyl (C=O) groups is 1. The van der Waals surface area contributed by atoms with E-state index in [-0.39, 0.29) is 17.8 Å². The van der Waals surface area contributed by atoms with Crippen molar-refractivity contribution in [3.63, 3.8) is 0 Å². The second-order valence-corrected chi connectivity index (χ2v) is 5.99. The molecule has 0 N–H and O–H groups in total. The molecule has 1 aromatic rings. The zero-order valence-corrected chi connectivity index (χ0v) is 11.9. The third kappa shape index (κ3) is 1.87. The summed E-state index contributed by atoms with van der Waals surface area (Å²) in [6.45, 7) is 4.39. The second kappa shape index (κ2) is 4.16. The normalized spacial score (nSPS) is 29.0. The number of fused-ring (bicyclic) bond motifs is 4. The van der Waals surface area contributed by atoms with Gasteiger partial charge < -0.3 is 18.9 Å². The van der Waals surface area contributed by atoms with Gasteiger partial charge in [0.25, 0.3) is 11.7 Å². The SMILES string of the molecule is CC1(C)OC(=O)C2=C(OC[C@H]3COc4ccccc4[C@@H]23)O1. The summed E-state index contributed by atoms with van der Waals surface area (Å²) in [5.74, 6) is -0.252. The van der Waals surface area contributed by atoms with Crippen molar-refractivity contribution >= 4 is 5.97 Å². The first-order valence-electron chi connectivity index (χ1n) is 7.06. The molecule has 3 aliphatic rings. The van der Waals surface area contributed by atoms with E-state index in [1.54, 1.807) is 13.8 Å². The maximum Gasteiger partial charge on any atom is 0.345 e. The molecule has 0 aromatic heterocycles. The topological polar surface area (TPSA) is 54.0 Å². The van der Waals surface area contributed by atoms with Gasteiger partial charge in [0.1, 0.15) is 11.3 Å². The fourth-order valence-corrected chi connectivity index (χ4v) is 3.16. The first-order chi connectivity index (χ1) is 10.1. The van der Waals surface area contributed by atoms with Gasteiger partial charge in [-0.3, -0.25) is 0 Å². The average Bonchev–Trinajstić information content (AvgIpc) is 2.45. The minimum absolute atomic E-state index is 0.0935. The Hall–Kier alpha value is -2.17. The van der Waals surface area contributed by atoms with E-state index in [2.05, 4.69) is 0 Å². The van der Waals surface area contributed by atoms with E-state index in [0.29, 0.717) is 24.7 Å². The van der Waals surface area contributed by atoms with Gasteiger partial charge in [0.2, 0.25) is 0 Å². The molecule has 3 heterocycles. The van der Waals surface area contributed by atoms with Gasteiger partial charge in [0.05, 0.1) is 13.2 Å². The summed E-state index contributed by atoms with van der Waals surface area (Å²) in [7, 11) is 0. The number of cyclic esters (lactones) is 1. The van der Waals surface area contributed by atoms with Crippen molar-refractivity contribution in [2.24, 2.45) is 5.92 Å². The lowest BCUT2D eigenvalue weighted by atomic mass is 9.78. The molecule has 5 heteroatoms. The lowest BCUT2D eigenvalue weighted by molar-refractivity contribution is -0.233. The minimum Gasteiger partial charge on any atom is -0.493 e. The molecule has 110 valence electrons. The van der Waals surface area contributed by atoms with Crippen LogP contribution >= 0.6 is 0 Å². The van der Waals surface area contributed by atoms with E-state index in [0.717, 1.165) is 11.3 Å². The molecule has 21 heavy (non-hydrogen) atoms. The summed E-state index contributed by atoms with van der Waals surface area (Å²) in [5.41, 5.74) is 1.46. The van der Waals surface area contributed by atoms with Crippen LogP contribution in [0.2, 0.25) is 0 Å². The van der Waals surface area contributed by atoms with E-state index in [4.69, 9.17) is 18.9 Å². The standard InChI is InChI=1S/C16H16O5/c1-16(2)20-14(17)13-12-9(8-19-15(13)21-16)7-18-11-6-4-3-5-10(11)12/h3-6,9,12H,7-8H2,1-2H3/t9-,12+/m1/s1. The van der Waals surface area contributed by atoms with Crippen molar-refractivity contribution in [3.8, 4) is 5.75 Å². The molecule has 0 radical (unpaired) electrons. The number of hydrogen-bond acceptors (Lipinski definition) is 5. The fraction of sp³-hybridized carbons (Fsp3) is 0.438. The Morgan fingerprint density at radius 3 is 2.71 bits per heavy atom. The predicted molar refractivity (Wildman–Crippen MR) is 72.4 cm³/mol. The molecular formula is C16H16O5. The monoisotopic (exact) mass is 288 g/mol. The summed E-state index contributed by atoms with van der Waals surface area (Å²) in [6, 6.07) is 7.77. The van der Waals surface area contributed by atoms with Crippen LogP contribution in [0.15, 0.2) is 35.8 Å². The number of hydrogen-bond donors (Lipinski definition) is 0. The highest BCUT2D eigenvalue weighted by molar-refractivity contribution is 5.92. The molecule has 0 saturated carbocycles. The maximum absolute atomic E-state index is 12.4. The lowest BCUT2D eigenvalue weighted by Crippen LogP contribution is -2.45. The van der Waals surface area contributed by atoms with Crippen molar-refractivity contribution in [2.45, 2.75) is 25.6 Å². The van der Waals surface area contributed by atoms with Crippen LogP contribution in [0.5, 0.6) is 5.75 Å². The van der Waals surface area contributed by atoms with Crippen molar-refractivity contribution in [1.29, 1.82) is 0 Å². The summed E-state index contributed by atoms with van der Waals surface area (Å²) in [6.07, 6.45) is 0. The van der Waals surface area contributed by atoms with Gasteiger partial charge in [0.15, 0.2) is 0 Å². The molecule has 0 saturated heterocycles. The quantitative estimate of drug-likeness (QED) is 0.686. The van der Waals surface area contributed by atoms with Crippen LogP contribution in [-0.2, 0) is 19.0 Å². The van der Waals surface area contributed by atoms with Crippen LogP contribution < -0.4 is 4.74 Å². The number of rotatable bonds is 0. The molecule has 0 bridgehead atoms. The molecule has 4 rings (SSSR count). The van der Waals surface area contributed by atoms with Gasteiger partial charge in [0, 0.05) is 31.2 Å². The molecule has 2 atom stereocenters. The zero-order chi connectivity index (χ0) is 14.6. The molecule has 5 nitrogen and oxygen atoms in total. The van der Waals surface area contributed by atoms with Crippen LogP contribution in [0.3, 0.4) is 0 Å². The number of carbonyl (C=O) groups excluding carboxylic acids is 1. The lowest BCUT2D eigenvalue weighted by Gasteiger charge is -2.42. The van der Waals surface area contributed by atoms with Crippen LogP contribution in [0.1, 0.15) is 25.3 Å². The fourth-order valence-electron chi connectivity index (χ4n) is 3.16. The molecule has 0 fully saturated rings. The van der Waals surface area contributed by atoms with Crippen molar-refractivity contribution in [2.75, 3.05) is 13.2 Å². The largest absolute Gasteiger partial charge is 0.493 e. The number of esters is 1. The van der Waals surface area contributed by atoms with E-state index in [1.807, 2.05) is 24.3 Å².